The molecule has 0 radical (unpaired) electrons. The highest BCUT2D eigenvalue weighted by Crippen LogP contribution is 2.32. The fourth-order valence-corrected chi connectivity index (χ4v) is 2.11. The number of benzene rings is 2. The Kier molecular flexibility index (Phi) is 3.17. The average molecular weight is 275 g/mol. The smallest absolute Gasteiger partial charge is 0.153 e. The van der Waals surface area contributed by atoms with Gasteiger partial charge >= 0.3 is 0 Å². The van der Waals surface area contributed by atoms with E-state index in [2.05, 4.69) is 11.1 Å². The first-order valence-electron chi connectivity index (χ1n) is 6.51. The van der Waals surface area contributed by atoms with E-state index in [9.17, 15) is 0 Å². The number of nitriles is 1. The monoisotopic (exact) mass is 275 g/mol. The summed E-state index contributed by atoms with van der Waals surface area (Å²) >= 11 is 0. The predicted molar refractivity (Wildman–Crippen MR) is 82.1 cm³/mol. The van der Waals surface area contributed by atoms with Crippen molar-refractivity contribution in [3.8, 4) is 17.6 Å². The lowest BCUT2D eigenvalue weighted by Crippen LogP contribution is -1.94. The number of aromatic nitrogens is 1. The second-order valence-corrected chi connectivity index (χ2v) is 4.75. The maximum absolute atomic E-state index is 8.97. The second kappa shape index (κ2) is 5.14. The zero-order valence-corrected chi connectivity index (χ0v) is 11.5. The van der Waals surface area contributed by atoms with Crippen molar-refractivity contribution in [2.24, 2.45) is 0 Å². The molecular formula is C17H13N3O. The molecule has 0 saturated heterocycles. The molecule has 3 aromatic rings. The summed E-state index contributed by atoms with van der Waals surface area (Å²) in [4.78, 5) is 4.51. The van der Waals surface area contributed by atoms with Gasteiger partial charge in [-0.05, 0) is 31.2 Å². The van der Waals surface area contributed by atoms with Gasteiger partial charge in [-0.1, -0.05) is 18.2 Å². The fraction of sp³-hybridized carbons (Fsp3) is 0.0588. The minimum absolute atomic E-state index is 0.463. The number of hydrogen-bond donors (Lipinski definition) is 1. The first-order valence-corrected chi connectivity index (χ1v) is 6.51. The third-order valence-electron chi connectivity index (χ3n) is 3.19. The Labute approximate surface area is 122 Å². The number of aryl methyl sites for hydroxylation is 1. The molecule has 0 amide bonds. The number of pyridine rings is 1. The van der Waals surface area contributed by atoms with Gasteiger partial charge in [-0.15, -0.1) is 0 Å². The fourth-order valence-electron chi connectivity index (χ4n) is 2.11. The van der Waals surface area contributed by atoms with E-state index >= 15 is 0 Å². The topological polar surface area (TPSA) is 71.9 Å². The number of nitrogens with two attached hydrogens (primary N) is 1. The molecule has 21 heavy (non-hydrogen) atoms. The number of nitrogen functional groups attached to an aromatic ring is 1. The van der Waals surface area contributed by atoms with Crippen LogP contribution in [0.2, 0.25) is 0 Å². The van der Waals surface area contributed by atoms with Gasteiger partial charge in [0.25, 0.3) is 0 Å². The molecule has 0 atom stereocenters. The minimum Gasteiger partial charge on any atom is -0.453 e. The van der Waals surface area contributed by atoms with Gasteiger partial charge in [0, 0.05) is 17.1 Å². The summed E-state index contributed by atoms with van der Waals surface area (Å²) in [6, 6.07) is 16.7. The van der Waals surface area contributed by atoms with Crippen molar-refractivity contribution in [3.63, 3.8) is 0 Å². The molecule has 3 rings (SSSR count). The van der Waals surface area contributed by atoms with Gasteiger partial charge in [0.05, 0.1) is 17.3 Å². The predicted octanol–water partition coefficient (Wildman–Crippen LogP) is 3.79. The molecule has 0 bridgehead atoms. The number of para-hydroxylation sites is 1. The van der Waals surface area contributed by atoms with Crippen LogP contribution in [-0.2, 0) is 0 Å². The Morgan fingerprint density at radius 3 is 2.76 bits per heavy atom. The average Bonchev–Trinajstić information content (AvgIpc) is 2.50. The molecule has 0 aliphatic rings. The van der Waals surface area contributed by atoms with E-state index in [1.807, 2.05) is 37.3 Å². The highest BCUT2D eigenvalue weighted by molar-refractivity contribution is 5.85. The maximum atomic E-state index is 8.97. The van der Waals surface area contributed by atoms with Crippen LogP contribution in [0.1, 0.15) is 11.3 Å². The quantitative estimate of drug-likeness (QED) is 0.722. The zero-order valence-electron chi connectivity index (χ0n) is 11.5. The van der Waals surface area contributed by atoms with Gasteiger partial charge in [0.2, 0.25) is 0 Å². The van der Waals surface area contributed by atoms with Crippen LogP contribution in [0, 0.1) is 18.3 Å². The van der Waals surface area contributed by atoms with Crippen LogP contribution in [0.25, 0.3) is 10.9 Å². The molecule has 2 aromatic carbocycles. The molecule has 1 heterocycles. The van der Waals surface area contributed by atoms with Crippen molar-refractivity contribution >= 4 is 16.6 Å². The van der Waals surface area contributed by atoms with Crippen LogP contribution in [0.3, 0.4) is 0 Å². The van der Waals surface area contributed by atoms with Crippen LogP contribution in [0.4, 0.5) is 5.69 Å². The van der Waals surface area contributed by atoms with Gasteiger partial charge in [0.15, 0.2) is 11.5 Å². The van der Waals surface area contributed by atoms with Crippen molar-refractivity contribution in [2.45, 2.75) is 6.92 Å². The highest BCUT2D eigenvalue weighted by atomic mass is 16.5. The summed E-state index contributed by atoms with van der Waals surface area (Å²) in [6.45, 7) is 1.93. The van der Waals surface area contributed by atoms with E-state index in [0.717, 1.165) is 16.6 Å². The first kappa shape index (κ1) is 12.9. The number of nitrogens with zero attached hydrogens (tertiary/aromatic N) is 2. The number of hydrogen-bond acceptors (Lipinski definition) is 4. The third kappa shape index (κ3) is 2.49. The van der Waals surface area contributed by atoms with E-state index < -0.39 is 0 Å². The van der Waals surface area contributed by atoms with Crippen LogP contribution in [-0.4, -0.2) is 4.98 Å². The molecule has 0 unspecified atom stereocenters. The Bertz CT molecular complexity index is 866. The Balaban J connectivity index is 2.10. The van der Waals surface area contributed by atoms with E-state index in [0.29, 0.717) is 22.7 Å². The van der Waals surface area contributed by atoms with Gasteiger partial charge in [-0.3, -0.25) is 0 Å². The molecule has 4 heteroatoms. The Morgan fingerprint density at radius 1 is 1.10 bits per heavy atom. The lowest BCUT2D eigenvalue weighted by atomic mass is 10.2. The van der Waals surface area contributed by atoms with Crippen molar-refractivity contribution in [2.75, 3.05) is 5.73 Å². The first-order chi connectivity index (χ1) is 10.2. The highest BCUT2D eigenvalue weighted by Gasteiger charge is 2.08. The molecule has 0 saturated carbocycles. The number of anilines is 1. The maximum Gasteiger partial charge on any atom is 0.153 e. The van der Waals surface area contributed by atoms with E-state index in [-0.39, 0.29) is 0 Å². The second-order valence-electron chi connectivity index (χ2n) is 4.75. The van der Waals surface area contributed by atoms with Crippen LogP contribution in [0.5, 0.6) is 11.5 Å². The number of ether oxygens (including phenoxy) is 1. The molecule has 0 aliphatic heterocycles. The van der Waals surface area contributed by atoms with E-state index in [4.69, 9.17) is 15.7 Å². The largest absolute Gasteiger partial charge is 0.453 e. The summed E-state index contributed by atoms with van der Waals surface area (Å²) in [5.74, 6) is 1.09. The summed E-state index contributed by atoms with van der Waals surface area (Å²) in [5, 5.41) is 9.96. The van der Waals surface area contributed by atoms with E-state index in [1.54, 1.807) is 18.2 Å². The Hall–Kier alpha value is -3.06. The summed E-state index contributed by atoms with van der Waals surface area (Å²) in [5.41, 5.74) is 8.59. The molecule has 0 aliphatic carbocycles. The molecular weight excluding hydrogens is 262 g/mol. The molecule has 2 N–H and O–H groups in total. The standard InChI is InChI=1S/C17H13N3O/c1-11-5-7-13-3-2-4-15(17(13)20-11)21-16-9-12(10-18)6-8-14(16)19/h2-9H,19H2,1H3. The Morgan fingerprint density at radius 2 is 1.95 bits per heavy atom. The number of rotatable bonds is 2. The van der Waals surface area contributed by atoms with Gasteiger partial charge < -0.3 is 10.5 Å². The van der Waals surface area contributed by atoms with Crippen molar-refractivity contribution in [1.82, 2.24) is 4.98 Å². The summed E-state index contributed by atoms with van der Waals surface area (Å²) in [6.07, 6.45) is 0. The lowest BCUT2D eigenvalue weighted by molar-refractivity contribution is 0.489. The molecule has 1 aromatic heterocycles. The lowest BCUT2D eigenvalue weighted by Gasteiger charge is -2.11. The molecule has 0 fully saturated rings. The van der Waals surface area contributed by atoms with Gasteiger partial charge in [-0.25, -0.2) is 4.98 Å². The minimum atomic E-state index is 0.463. The number of fused-ring (bicyclic) bond motifs is 1. The zero-order chi connectivity index (χ0) is 14.8. The van der Waals surface area contributed by atoms with Gasteiger partial charge in [0.1, 0.15) is 5.52 Å². The summed E-state index contributed by atoms with van der Waals surface area (Å²) < 4.78 is 5.88. The molecule has 0 spiro atoms. The van der Waals surface area contributed by atoms with Crippen molar-refractivity contribution < 1.29 is 4.74 Å². The van der Waals surface area contributed by atoms with Crippen LogP contribution >= 0.6 is 0 Å². The van der Waals surface area contributed by atoms with E-state index in [1.165, 1.54) is 0 Å². The molecule has 102 valence electrons. The van der Waals surface area contributed by atoms with Gasteiger partial charge in [-0.2, -0.15) is 5.26 Å². The van der Waals surface area contributed by atoms with Crippen LogP contribution in [0.15, 0.2) is 48.5 Å². The van der Waals surface area contributed by atoms with Crippen LogP contribution < -0.4 is 10.5 Å². The third-order valence-corrected chi connectivity index (χ3v) is 3.19. The SMILES string of the molecule is Cc1ccc2cccc(Oc3cc(C#N)ccc3N)c2n1. The summed E-state index contributed by atoms with van der Waals surface area (Å²) in [7, 11) is 0. The normalized spacial score (nSPS) is 10.3. The van der Waals surface area contributed by atoms with Crippen molar-refractivity contribution in [3.05, 3.63) is 59.8 Å². The van der Waals surface area contributed by atoms with Crippen molar-refractivity contribution in [1.29, 1.82) is 5.26 Å². The molecule has 4 nitrogen and oxygen atoms in total.